The molecule has 0 fully saturated rings. The van der Waals surface area contributed by atoms with Gasteiger partial charge in [0.15, 0.2) is 0 Å². The molecule has 0 aromatic carbocycles. The van der Waals surface area contributed by atoms with Gasteiger partial charge in [0.05, 0.1) is 6.61 Å². The molecule has 138 valence electrons. The van der Waals surface area contributed by atoms with Crippen molar-refractivity contribution in [3.8, 4) is 0 Å². The summed E-state index contributed by atoms with van der Waals surface area (Å²) in [6.07, 6.45) is 1.25. The fraction of sp³-hybridized carbons (Fsp3) is 0.500. The number of rotatable bonds is 8. The van der Waals surface area contributed by atoms with Crippen LogP contribution in [0.1, 0.15) is 12.5 Å². The zero-order chi connectivity index (χ0) is 19.0. The predicted molar refractivity (Wildman–Crippen MR) is 92.5 cm³/mol. The first kappa shape index (κ1) is 20.4. The van der Waals surface area contributed by atoms with E-state index in [0.717, 1.165) is 9.47 Å². The molecule has 3 N–H and O–H groups in total. The van der Waals surface area contributed by atoms with E-state index in [9.17, 15) is 19.2 Å². The third-order valence-corrected chi connectivity index (χ3v) is 3.36. The Morgan fingerprint density at radius 2 is 2.12 bits per heavy atom. The number of thiocarbonyl (C=S) groups is 1. The Morgan fingerprint density at radius 1 is 1.44 bits per heavy atom. The highest BCUT2D eigenvalue weighted by molar-refractivity contribution is 7.80. The van der Waals surface area contributed by atoms with Gasteiger partial charge in [-0.15, -0.1) is 0 Å². The smallest absolute Gasteiger partial charge is 0.328 e. The van der Waals surface area contributed by atoms with E-state index >= 15 is 0 Å². The molecule has 25 heavy (non-hydrogen) atoms. The monoisotopic (exact) mass is 372 g/mol. The Bertz CT molecular complexity index is 756. The van der Waals surface area contributed by atoms with Crippen LogP contribution in [-0.4, -0.2) is 62.8 Å². The highest BCUT2D eigenvalue weighted by Gasteiger charge is 2.18. The summed E-state index contributed by atoms with van der Waals surface area (Å²) in [6, 6.07) is 0. The number of carbonyl (C=O) groups excluding carboxylic acids is 1. The molecule has 0 saturated carbocycles. The van der Waals surface area contributed by atoms with Gasteiger partial charge < -0.3 is 20.1 Å². The van der Waals surface area contributed by atoms with Crippen LogP contribution in [0.3, 0.4) is 0 Å². The number of carboxylic acid groups (broad SMARTS) is 1. The van der Waals surface area contributed by atoms with E-state index in [-0.39, 0.29) is 30.4 Å². The lowest BCUT2D eigenvalue weighted by Crippen LogP contribution is -2.44. The number of hydrogen-bond acceptors (Lipinski definition) is 6. The van der Waals surface area contributed by atoms with Gasteiger partial charge in [-0.1, -0.05) is 0 Å². The number of ether oxygens (including phenoxy) is 1. The fourth-order valence-electron chi connectivity index (χ4n) is 1.91. The van der Waals surface area contributed by atoms with E-state index in [1.807, 2.05) is 0 Å². The van der Waals surface area contributed by atoms with Crippen molar-refractivity contribution >= 4 is 29.3 Å². The van der Waals surface area contributed by atoms with Crippen molar-refractivity contribution in [1.82, 2.24) is 19.8 Å². The van der Waals surface area contributed by atoms with Crippen LogP contribution in [0.25, 0.3) is 0 Å². The number of nitrogens with zero attached hydrogens (tertiary/aromatic N) is 2. The minimum absolute atomic E-state index is 0.0510. The molecular formula is C14H20N4O6S. The average Bonchev–Trinajstić information content (AvgIpc) is 2.51. The third kappa shape index (κ3) is 6.75. The summed E-state index contributed by atoms with van der Waals surface area (Å²) in [5.74, 6) is -1.77. The maximum atomic E-state index is 12.3. The van der Waals surface area contributed by atoms with E-state index in [1.54, 1.807) is 6.92 Å². The molecule has 11 heteroatoms. The predicted octanol–water partition coefficient (Wildman–Crippen LogP) is -1.33. The molecule has 0 unspecified atom stereocenters. The second kappa shape index (κ2) is 9.57. The van der Waals surface area contributed by atoms with Crippen LogP contribution in [0.4, 0.5) is 0 Å². The van der Waals surface area contributed by atoms with Crippen LogP contribution in [0.15, 0.2) is 15.8 Å². The first-order chi connectivity index (χ1) is 11.7. The number of amides is 1. The summed E-state index contributed by atoms with van der Waals surface area (Å²) >= 11 is 4.87. The topological polar surface area (TPSA) is 134 Å². The van der Waals surface area contributed by atoms with E-state index in [4.69, 9.17) is 22.1 Å². The number of carbonyl (C=O) groups is 2. The SMILES string of the molecule is CCOC(=S)NCCN(CC(=O)O)C(=O)Cn1cc(C)c(=O)[nH]c1=O. The molecule has 0 bridgehead atoms. The van der Waals surface area contributed by atoms with E-state index < -0.39 is 29.7 Å². The molecule has 0 aliphatic rings. The molecule has 1 amide bonds. The first-order valence-corrected chi connectivity index (χ1v) is 7.86. The number of aliphatic carboxylic acids is 1. The van der Waals surface area contributed by atoms with Gasteiger partial charge in [-0.25, -0.2) is 4.79 Å². The van der Waals surface area contributed by atoms with Gasteiger partial charge in [-0.2, -0.15) is 0 Å². The maximum Gasteiger partial charge on any atom is 0.328 e. The van der Waals surface area contributed by atoms with Crippen molar-refractivity contribution in [1.29, 1.82) is 0 Å². The van der Waals surface area contributed by atoms with Gasteiger partial charge >= 0.3 is 11.7 Å². The summed E-state index contributed by atoms with van der Waals surface area (Å²) in [5.41, 5.74) is -1.01. The molecule has 0 atom stereocenters. The second-order valence-corrected chi connectivity index (χ2v) is 5.43. The molecule has 0 saturated heterocycles. The number of hydrogen-bond donors (Lipinski definition) is 3. The Labute approximate surface area is 148 Å². The Hall–Kier alpha value is -2.69. The van der Waals surface area contributed by atoms with Gasteiger partial charge in [0.25, 0.3) is 10.7 Å². The summed E-state index contributed by atoms with van der Waals surface area (Å²) < 4.78 is 6.04. The van der Waals surface area contributed by atoms with Gasteiger partial charge in [-0.3, -0.25) is 23.9 Å². The second-order valence-electron chi connectivity index (χ2n) is 5.06. The van der Waals surface area contributed by atoms with Crippen molar-refractivity contribution in [2.75, 3.05) is 26.2 Å². The van der Waals surface area contributed by atoms with Crippen LogP contribution >= 0.6 is 12.2 Å². The first-order valence-electron chi connectivity index (χ1n) is 7.45. The summed E-state index contributed by atoms with van der Waals surface area (Å²) in [5, 5.41) is 11.8. The standard InChI is InChI=1S/C14H20N4O6S/c1-3-24-14(25)15-4-5-17(8-11(20)21)10(19)7-18-6-9(2)12(22)16-13(18)23/h6H,3-5,7-8H2,1-2H3,(H,15,25)(H,20,21)(H,16,22,23). The largest absolute Gasteiger partial charge is 0.480 e. The van der Waals surface area contributed by atoms with E-state index in [0.29, 0.717) is 6.61 Å². The highest BCUT2D eigenvalue weighted by Crippen LogP contribution is 1.94. The van der Waals surface area contributed by atoms with Crippen LogP contribution < -0.4 is 16.6 Å². The number of H-pyrrole nitrogens is 1. The Balaban J connectivity index is 2.78. The molecule has 0 spiro atoms. The summed E-state index contributed by atoms with van der Waals surface area (Å²) in [4.78, 5) is 49.5. The molecule has 1 heterocycles. The number of aromatic amines is 1. The van der Waals surface area contributed by atoms with Crippen molar-refractivity contribution in [2.24, 2.45) is 0 Å². The minimum Gasteiger partial charge on any atom is -0.480 e. The van der Waals surface area contributed by atoms with Crippen molar-refractivity contribution in [2.45, 2.75) is 20.4 Å². The Kier molecular flexibility index (Phi) is 7.79. The molecule has 0 aliphatic heterocycles. The Morgan fingerprint density at radius 3 is 2.72 bits per heavy atom. The number of nitrogens with one attached hydrogen (secondary N) is 2. The number of carboxylic acids is 1. The molecule has 1 aromatic heterocycles. The van der Waals surface area contributed by atoms with Crippen molar-refractivity contribution in [3.63, 3.8) is 0 Å². The third-order valence-electron chi connectivity index (χ3n) is 3.10. The summed E-state index contributed by atoms with van der Waals surface area (Å²) in [7, 11) is 0. The normalized spacial score (nSPS) is 10.2. The van der Waals surface area contributed by atoms with Crippen LogP contribution in [-0.2, 0) is 20.9 Å². The van der Waals surface area contributed by atoms with Gasteiger partial charge in [-0.05, 0) is 26.1 Å². The lowest BCUT2D eigenvalue weighted by Gasteiger charge is -2.21. The van der Waals surface area contributed by atoms with Gasteiger partial charge in [0.2, 0.25) is 5.91 Å². The van der Waals surface area contributed by atoms with Crippen LogP contribution in [0.5, 0.6) is 0 Å². The lowest BCUT2D eigenvalue weighted by molar-refractivity contribution is -0.144. The summed E-state index contributed by atoms with van der Waals surface area (Å²) in [6.45, 7) is 2.97. The average molecular weight is 372 g/mol. The number of aryl methyl sites for hydroxylation is 1. The molecular weight excluding hydrogens is 352 g/mol. The minimum atomic E-state index is -1.19. The molecule has 1 rings (SSSR count). The van der Waals surface area contributed by atoms with Gasteiger partial charge in [0, 0.05) is 24.8 Å². The molecule has 0 radical (unpaired) electrons. The lowest BCUT2D eigenvalue weighted by atomic mass is 10.3. The molecule has 0 aliphatic carbocycles. The zero-order valence-electron chi connectivity index (χ0n) is 13.9. The molecule has 10 nitrogen and oxygen atoms in total. The van der Waals surface area contributed by atoms with E-state index in [2.05, 4.69) is 10.3 Å². The quantitative estimate of drug-likeness (QED) is 0.478. The van der Waals surface area contributed by atoms with Crippen molar-refractivity contribution < 1.29 is 19.4 Å². The number of aromatic nitrogens is 2. The van der Waals surface area contributed by atoms with Crippen LogP contribution in [0, 0.1) is 6.92 Å². The van der Waals surface area contributed by atoms with Gasteiger partial charge in [0.1, 0.15) is 13.1 Å². The maximum absolute atomic E-state index is 12.3. The zero-order valence-corrected chi connectivity index (χ0v) is 14.7. The fourth-order valence-corrected chi connectivity index (χ4v) is 2.13. The van der Waals surface area contributed by atoms with Crippen LogP contribution in [0.2, 0.25) is 0 Å². The highest BCUT2D eigenvalue weighted by atomic mass is 32.1. The van der Waals surface area contributed by atoms with Crippen molar-refractivity contribution in [3.05, 3.63) is 32.6 Å². The van der Waals surface area contributed by atoms with E-state index in [1.165, 1.54) is 13.1 Å². The molecule has 1 aromatic rings.